The zero-order valence-electron chi connectivity index (χ0n) is 12.4. The highest BCUT2D eigenvalue weighted by Gasteiger charge is 2.26. The standard InChI is InChI=1S/C16H24N2O2/c1-3-5-12-8-9-18(11-12)16(19)13-6-7-15(20-4-2)14(17)10-13/h6-7,10,12H,3-5,8-9,11,17H2,1-2H3. The summed E-state index contributed by atoms with van der Waals surface area (Å²) < 4.78 is 5.40. The van der Waals surface area contributed by atoms with Gasteiger partial charge < -0.3 is 15.4 Å². The molecule has 1 aromatic rings. The Balaban J connectivity index is 2.04. The van der Waals surface area contributed by atoms with Gasteiger partial charge in [0, 0.05) is 18.7 Å². The molecule has 0 spiro atoms. The van der Waals surface area contributed by atoms with E-state index in [-0.39, 0.29) is 5.91 Å². The van der Waals surface area contributed by atoms with Crippen LogP contribution in [0.2, 0.25) is 0 Å². The van der Waals surface area contributed by atoms with E-state index >= 15 is 0 Å². The second-order valence-electron chi connectivity index (χ2n) is 5.38. The molecule has 20 heavy (non-hydrogen) atoms. The Morgan fingerprint density at radius 3 is 2.90 bits per heavy atom. The smallest absolute Gasteiger partial charge is 0.253 e. The maximum atomic E-state index is 12.4. The van der Waals surface area contributed by atoms with Crippen LogP contribution < -0.4 is 10.5 Å². The molecule has 0 saturated carbocycles. The van der Waals surface area contributed by atoms with E-state index in [1.807, 2.05) is 11.8 Å². The molecule has 1 unspecified atom stereocenters. The minimum atomic E-state index is 0.0818. The summed E-state index contributed by atoms with van der Waals surface area (Å²) in [6.45, 7) is 6.41. The van der Waals surface area contributed by atoms with Gasteiger partial charge in [-0.3, -0.25) is 4.79 Å². The van der Waals surface area contributed by atoms with Crippen LogP contribution in [-0.2, 0) is 0 Å². The first-order valence-corrected chi connectivity index (χ1v) is 7.47. The lowest BCUT2D eigenvalue weighted by molar-refractivity contribution is 0.0786. The Bertz CT molecular complexity index is 474. The van der Waals surface area contributed by atoms with Crippen LogP contribution in [0.25, 0.3) is 0 Å². The molecule has 4 nitrogen and oxygen atoms in total. The van der Waals surface area contributed by atoms with Crippen molar-refractivity contribution in [1.29, 1.82) is 0 Å². The Morgan fingerprint density at radius 2 is 2.25 bits per heavy atom. The molecule has 110 valence electrons. The van der Waals surface area contributed by atoms with Crippen molar-refractivity contribution in [2.24, 2.45) is 5.92 Å². The first kappa shape index (κ1) is 14.7. The van der Waals surface area contributed by atoms with Crippen LogP contribution >= 0.6 is 0 Å². The van der Waals surface area contributed by atoms with Crippen LogP contribution in [0.5, 0.6) is 5.75 Å². The normalized spacial score (nSPS) is 18.3. The predicted molar refractivity (Wildman–Crippen MR) is 80.9 cm³/mol. The Hall–Kier alpha value is -1.71. The highest BCUT2D eigenvalue weighted by Crippen LogP contribution is 2.26. The number of carbonyl (C=O) groups is 1. The third-order valence-electron chi connectivity index (χ3n) is 3.83. The van der Waals surface area contributed by atoms with Gasteiger partial charge in [0.2, 0.25) is 0 Å². The van der Waals surface area contributed by atoms with Crippen LogP contribution in [0.15, 0.2) is 18.2 Å². The van der Waals surface area contributed by atoms with Crippen LogP contribution in [0.3, 0.4) is 0 Å². The lowest BCUT2D eigenvalue weighted by Crippen LogP contribution is -2.28. The summed E-state index contributed by atoms with van der Waals surface area (Å²) in [7, 11) is 0. The number of rotatable bonds is 5. The van der Waals surface area contributed by atoms with Gasteiger partial charge in [0.05, 0.1) is 12.3 Å². The second-order valence-corrected chi connectivity index (χ2v) is 5.38. The van der Waals surface area contributed by atoms with Gasteiger partial charge in [-0.15, -0.1) is 0 Å². The van der Waals surface area contributed by atoms with Crippen LogP contribution in [0.4, 0.5) is 5.69 Å². The summed E-state index contributed by atoms with van der Waals surface area (Å²) in [6, 6.07) is 5.31. The molecule has 1 aromatic carbocycles. The van der Waals surface area contributed by atoms with E-state index in [0.29, 0.717) is 29.5 Å². The Kier molecular flexibility index (Phi) is 4.88. The van der Waals surface area contributed by atoms with Crippen molar-refractivity contribution in [1.82, 2.24) is 4.90 Å². The van der Waals surface area contributed by atoms with E-state index in [1.54, 1.807) is 18.2 Å². The van der Waals surface area contributed by atoms with Crippen molar-refractivity contribution in [3.63, 3.8) is 0 Å². The van der Waals surface area contributed by atoms with Crippen molar-refractivity contribution in [3.05, 3.63) is 23.8 Å². The number of nitrogens with two attached hydrogens (primary N) is 1. The largest absolute Gasteiger partial charge is 0.492 e. The second kappa shape index (κ2) is 6.64. The maximum absolute atomic E-state index is 12.4. The van der Waals surface area contributed by atoms with Crippen LogP contribution in [0, 0.1) is 5.92 Å². The molecule has 1 amide bonds. The number of amides is 1. The molecule has 1 aliphatic rings. The van der Waals surface area contributed by atoms with Crippen molar-refractivity contribution in [2.45, 2.75) is 33.1 Å². The number of hydrogen-bond acceptors (Lipinski definition) is 3. The summed E-state index contributed by atoms with van der Waals surface area (Å²) in [6.07, 6.45) is 3.50. The zero-order chi connectivity index (χ0) is 14.5. The number of benzene rings is 1. The summed E-state index contributed by atoms with van der Waals surface area (Å²) in [5.74, 6) is 1.39. The topological polar surface area (TPSA) is 55.6 Å². The first-order chi connectivity index (χ1) is 9.65. The van der Waals surface area contributed by atoms with E-state index in [0.717, 1.165) is 19.5 Å². The number of likely N-dealkylation sites (tertiary alicyclic amines) is 1. The summed E-state index contributed by atoms with van der Waals surface area (Å²) in [5, 5.41) is 0. The van der Waals surface area contributed by atoms with Gasteiger partial charge in [0.15, 0.2) is 0 Å². The molecule has 1 fully saturated rings. The minimum absolute atomic E-state index is 0.0818. The Morgan fingerprint density at radius 1 is 1.45 bits per heavy atom. The average Bonchev–Trinajstić information content (AvgIpc) is 2.89. The van der Waals surface area contributed by atoms with E-state index in [4.69, 9.17) is 10.5 Å². The first-order valence-electron chi connectivity index (χ1n) is 7.47. The molecular weight excluding hydrogens is 252 g/mol. The molecule has 1 heterocycles. The van der Waals surface area contributed by atoms with Gasteiger partial charge in [-0.25, -0.2) is 0 Å². The number of ether oxygens (including phenoxy) is 1. The molecule has 2 N–H and O–H groups in total. The van der Waals surface area contributed by atoms with Crippen molar-refractivity contribution >= 4 is 11.6 Å². The molecule has 0 aliphatic carbocycles. The fraction of sp³-hybridized carbons (Fsp3) is 0.562. The third kappa shape index (κ3) is 3.24. The van der Waals surface area contributed by atoms with E-state index in [9.17, 15) is 4.79 Å². The van der Waals surface area contributed by atoms with Gasteiger partial charge >= 0.3 is 0 Å². The van der Waals surface area contributed by atoms with E-state index < -0.39 is 0 Å². The maximum Gasteiger partial charge on any atom is 0.253 e. The Labute approximate surface area is 120 Å². The van der Waals surface area contributed by atoms with Gasteiger partial charge in [0.1, 0.15) is 5.75 Å². The van der Waals surface area contributed by atoms with Gasteiger partial charge in [-0.1, -0.05) is 13.3 Å². The summed E-state index contributed by atoms with van der Waals surface area (Å²) in [5.41, 5.74) is 7.11. The molecule has 1 aliphatic heterocycles. The fourth-order valence-electron chi connectivity index (χ4n) is 2.81. The lowest BCUT2D eigenvalue weighted by Gasteiger charge is -2.17. The van der Waals surface area contributed by atoms with Crippen LogP contribution in [0.1, 0.15) is 43.5 Å². The molecule has 2 rings (SSSR count). The minimum Gasteiger partial charge on any atom is -0.492 e. The average molecular weight is 276 g/mol. The van der Waals surface area contributed by atoms with Crippen molar-refractivity contribution in [3.8, 4) is 5.75 Å². The molecular formula is C16H24N2O2. The third-order valence-corrected chi connectivity index (χ3v) is 3.83. The highest BCUT2D eigenvalue weighted by atomic mass is 16.5. The van der Waals surface area contributed by atoms with Crippen molar-refractivity contribution < 1.29 is 9.53 Å². The SMILES string of the molecule is CCCC1CCN(C(=O)c2ccc(OCC)c(N)c2)C1. The number of nitrogen functional groups attached to an aromatic ring is 1. The number of carbonyl (C=O) groups excluding carboxylic acids is 1. The molecule has 0 radical (unpaired) electrons. The fourth-order valence-corrected chi connectivity index (χ4v) is 2.81. The lowest BCUT2D eigenvalue weighted by atomic mass is 10.0. The van der Waals surface area contributed by atoms with Crippen LogP contribution in [-0.4, -0.2) is 30.5 Å². The van der Waals surface area contributed by atoms with Gasteiger partial charge in [-0.05, 0) is 43.9 Å². The quantitative estimate of drug-likeness (QED) is 0.841. The van der Waals surface area contributed by atoms with Crippen molar-refractivity contribution in [2.75, 3.05) is 25.4 Å². The summed E-state index contributed by atoms with van der Waals surface area (Å²) >= 11 is 0. The van der Waals surface area contributed by atoms with E-state index in [1.165, 1.54) is 12.8 Å². The highest BCUT2D eigenvalue weighted by molar-refractivity contribution is 5.95. The van der Waals surface area contributed by atoms with Gasteiger partial charge in [-0.2, -0.15) is 0 Å². The monoisotopic (exact) mass is 276 g/mol. The predicted octanol–water partition coefficient (Wildman–Crippen LogP) is 2.93. The number of hydrogen-bond donors (Lipinski definition) is 1. The molecule has 4 heteroatoms. The molecule has 0 aromatic heterocycles. The van der Waals surface area contributed by atoms with E-state index in [2.05, 4.69) is 6.92 Å². The zero-order valence-corrected chi connectivity index (χ0v) is 12.4. The molecule has 0 bridgehead atoms. The number of anilines is 1. The van der Waals surface area contributed by atoms with Gasteiger partial charge in [0.25, 0.3) is 5.91 Å². The number of nitrogens with zero attached hydrogens (tertiary/aromatic N) is 1. The molecule has 1 atom stereocenters. The molecule has 1 saturated heterocycles. The summed E-state index contributed by atoms with van der Waals surface area (Å²) in [4.78, 5) is 14.4.